The fraction of sp³-hybridized carbons (Fsp3) is 0.474. The van der Waals surface area contributed by atoms with Gasteiger partial charge in [-0.1, -0.05) is 26.0 Å². The minimum atomic E-state index is -5.72. The van der Waals surface area contributed by atoms with Gasteiger partial charge in [-0.15, -0.1) is 0 Å². The summed E-state index contributed by atoms with van der Waals surface area (Å²) in [6.07, 6.45) is -2.76. The Kier molecular flexibility index (Phi) is 6.46. The van der Waals surface area contributed by atoms with E-state index in [4.69, 9.17) is 5.73 Å². The zero-order valence-electron chi connectivity index (χ0n) is 15.6. The number of aliphatic imine (C=N–C) groups is 1. The van der Waals surface area contributed by atoms with Crippen LogP contribution in [-0.2, 0) is 10.7 Å². The molecule has 0 spiro atoms. The second kappa shape index (κ2) is 8.28. The van der Waals surface area contributed by atoms with E-state index < -0.39 is 17.7 Å². The third-order valence-corrected chi connectivity index (χ3v) is 4.26. The van der Waals surface area contributed by atoms with Crippen LogP contribution < -0.4 is 5.73 Å². The molecule has 1 aromatic rings. The molecular formula is C19H22F5N3O. The zero-order chi connectivity index (χ0) is 21.1. The molecule has 0 unspecified atom stereocenters. The van der Waals surface area contributed by atoms with Gasteiger partial charge in [0.2, 0.25) is 5.91 Å². The number of hydrogen-bond donors (Lipinski definition) is 1. The van der Waals surface area contributed by atoms with Gasteiger partial charge in [-0.05, 0) is 25.0 Å². The molecule has 0 bridgehead atoms. The Morgan fingerprint density at radius 3 is 2.29 bits per heavy atom. The number of carbonyl (C=O) groups excluding carboxylic acids is 1. The summed E-state index contributed by atoms with van der Waals surface area (Å²) in [5, 5.41) is 0. The largest absolute Gasteiger partial charge is 0.458 e. The van der Waals surface area contributed by atoms with Crippen LogP contribution in [0, 0.1) is 0 Å². The highest BCUT2D eigenvalue weighted by Gasteiger charge is 2.58. The lowest BCUT2D eigenvalue weighted by Crippen LogP contribution is -2.34. The van der Waals surface area contributed by atoms with Crippen LogP contribution in [0.5, 0.6) is 0 Å². The second-order valence-corrected chi connectivity index (χ2v) is 6.59. The number of amidine groups is 1. The van der Waals surface area contributed by atoms with E-state index in [0.29, 0.717) is 30.8 Å². The molecule has 0 saturated heterocycles. The molecule has 0 aromatic heterocycles. The fourth-order valence-electron chi connectivity index (χ4n) is 2.94. The summed E-state index contributed by atoms with van der Waals surface area (Å²) in [6, 6.07) is 2.46. The summed E-state index contributed by atoms with van der Waals surface area (Å²) in [5.74, 6) is -5.29. The number of benzene rings is 1. The Labute approximate surface area is 159 Å². The van der Waals surface area contributed by atoms with Crippen molar-refractivity contribution in [1.82, 2.24) is 4.90 Å². The van der Waals surface area contributed by atoms with Crippen molar-refractivity contribution >= 4 is 23.5 Å². The van der Waals surface area contributed by atoms with Gasteiger partial charge in [0.1, 0.15) is 5.84 Å². The van der Waals surface area contributed by atoms with Gasteiger partial charge in [0.05, 0.1) is 5.69 Å². The van der Waals surface area contributed by atoms with E-state index >= 15 is 0 Å². The number of halogens is 5. The molecule has 2 rings (SSSR count). The average Bonchev–Trinajstić information content (AvgIpc) is 2.77. The molecule has 9 heteroatoms. The number of nitrogens with zero attached hydrogens (tertiary/aromatic N) is 2. The van der Waals surface area contributed by atoms with Crippen LogP contribution in [0.1, 0.15) is 44.2 Å². The van der Waals surface area contributed by atoms with Gasteiger partial charge in [-0.25, -0.2) is 4.99 Å². The Morgan fingerprint density at radius 1 is 1.14 bits per heavy atom. The Bertz CT molecular complexity index is 793. The second-order valence-electron chi connectivity index (χ2n) is 6.59. The maximum Gasteiger partial charge on any atom is 0.458 e. The van der Waals surface area contributed by atoms with Crippen LogP contribution in [0.4, 0.5) is 27.6 Å². The van der Waals surface area contributed by atoms with Crippen LogP contribution in [0.15, 0.2) is 28.8 Å². The van der Waals surface area contributed by atoms with E-state index in [0.717, 1.165) is 18.9 Å². The summed E-state index contributed by atoms with van der Waals surface area (Å²) in [6.45, 7) is 4.96. The minimum absolute atomic E-state index is 0.0115. The Hall–Kier alpha value is -2.45. The van der Waals surface area contributed by atoms with Crippen molar-refractivity contribution in [2.24, 2.45) is 10.7 Å². The molecule has 0 fully saturated rings. The minimum Gasteiger partial charge on any atom is -0.387 e. The van der Waals surface area contributed by atoms with Crippen molar-refractivity contribution in [2.75, 3.05) is 13.1 Å². The normalized spacial score (nSPS) is 14.7. The topological polar surface area (TPSA) is 58.7 Å². The highest BCUT2D eigenvalue weighted by atomic mass is 19.4. The lowest BCUT2D eigenvalue weighted by atomic mass is 10.0. The number of nitrogens with two attached hydrogens (primary N) is 1. The van der Waals surface area contributed by atoms with Crippen molar-refractivity contribution in [2.45, 2.75) is 45.2 Å². The number of carbonyl (C=O) groups is 1. The number of rotatable bonds is 6. The maximum absolute atomic E-state index is 13.6. The first-order valence-corrected chi connectivity index (χ1v) is 8.93. The van der Waals surface area contributed by atoms with Crippen LogP contribution >= 0.6 is 0 Å². The smallest absolute Gasteiger partial charge is 0.387 e. The van der Waals surface area contributed by atoms with Gasteiger partial charge in [-0.3, -0.25) is 4.79 Å². The van der Waals surface area contributed by atoms with Crippen molar-refractivity contribution in [1.29, 1.82) is 0 Å². The molecule has 0 saturated carbocycles. The highest BCUT2D eigenvalue weighted by Crippen LogP contribution is 2.45. The van der Waals surface area contributed by atoms with E-state index in [1.54, 1.807) is 4.90 Å². The molecule has 0 atom stereocenters. The number of alkyl halides is 5. The van der Waals surface area contributed by atoms with Gasteiger partial charge in [0, 0.05) is 36.2 Å². The van der Waals surface area contributed by atoms with E-state index in [9.17, 15) is 26.7 Å². The molecule has 1 amide bonds. The van der Waals surface area contributed by atoms with Gasteiger partial charge in [0.15, 0.2) is 0 Å². The number of amides is 1. The molecule has 1 heterocycles. The monoisotopic (exact) mass is 403 g/mol. The predicted octanol–water partition coefficient (Wildman–Crippen LogP) is 4.77. The van der Waals surface area contributed by atoms with Crippen LogP contribution in [0.2, 0.25) is 0 Å². The summed E-state index contributed by atoms with van der Waals surface area (Å²) in [4.78, 5) is 18.4. The van der Waals surface area contributed by atoms with Gasteiger partial charge in [-0.2, -0.15) is 22.0 Å². The van der Waals surface area contributed by atoms with E-state index in [-0.39, 0.29) is 29.4 Å². The Balaban J connectivity index is 2.46. The number of hydrogen-bond acceptors (Lipinski definition) is 3. The Morgan fingerprint density at radius 2 is 1.75 bits per heavy atom. The molecule has 2 N–H and O–H groups in total. The molecule has 0 radical (unpaired) electrons. The molecule has 28 heavy (non-hydrogen) atoms. The predicted molar refractivity (Wildman–Crippen MR) is 97.4 cm³/mol. The first kappa shape index (κ1) is 21.8. The quantitative estimate of drug-likeness (QED) is 0.696. The van der Waals surface area contributed by atoms with E-state index in [1.807, 2.05) is 13.8 Å². The first-order chi connectivity index (χ1) is 13.0. The van der Waals surface area contributed by atoms with Gasteiger partial charge < -0.3 is 10.6 Å². The van der Waals surface area contributed by atoms with Crippen molar-refractivity contribution in [3.8, 4) is 0 Å². The summed E-state index contributed by atoms with van der Waals surface area (Å²) < 4.78 is 65.2. The van der Waals surface area contributed by atoms with Gasteiger partial charge >= 0.3 is 12.1 Å². The van der Waals surface area contributed by atoms with Gasteiger partial charge in [0.25, 0.3) is 0 Å². The standard InChI is InChI=1S/C19H22F5N3O/c1-3-7-27(8-4-2)17(28)13-9-12-5-6-14(18(20,21)19(22,23)24)11-15(12)26-16(25)10-13/h5-6,9,11H,3-4,7-8,10H2,1-2H3,(H2,25,26). The van der Waals surface area contributed by atoms with Crippen molar-refractivity contribution in [3.05, 3.63) is 34.9 Å². The van der Waals surface area contributed by atoms with Crippen LogP contribution in [0.3, 0.4) is 0 Å². The summed E-state index contributed by atoms with van der Waals surface area (Å²) in [7, 11) is 0. The summed E-state index contributed by atoms with van der Waals surface area (Å²) in [5.41, 5.74) is 5.03. The molecule has 1 aliphatic rings. The third kappa shape index (κ3) is 4.51. The van der Waals surface area contributed by atoms with Crippen LogP contribution in [0.25, 0.3) is 6.08 Å². The fourth-order valence-corrected chi connectivity index (χ4v) is 2.94. The molecule has 4 nitrogen and oxygen atoms in total. The number of fused-ring (bicyclic) bond motifs is 1. The molecule has 154 valence electrons. The van der Waals surface area contributed by atoms with E-state index in [1.165, 1.54) is 6.08 Å². The molecular weight excluding hydrogens is 381 g/mol. The lowest BCUT2D eigenvalue weighted by molar-refractivity contribution is -0.289. The zero-order valence-corrected chi connectivity index (χ0v) is 15.6. The summed E-state index contributed by atoms with van der Waals surface area (Å²) >= 11 is 0. The molecule has 1 aromatic carbocycles. The lowest BCUT2D eigenvalue weighted by Gasteiger charge is -2.22. The van der Waals surface area contributed by atoms with Crippen molar-refractivity contribution in [3.63, 3.8) is 0 Å². The maximum atomic E-state index is 13.6. The molecule has 0 aliphatic carbocycles. The van der Waals surface area contributed by atoms with Crippen LogP contribution in [-0.4, -0.2) is 35.9 Å². The highest BCUT2D eigenvalue weighted by molar-refractivity contribution is 6.05. The third-order valence-electron chi connectivity index (χ3n) is 4.26. The molecule has 1 aliphatic heterocycles. The average molecular weight is 403 g/mol. The first-order valence-electron chi connectivity index (χ1n) is 8.93. The van der Waals surface area contributed by atoms with Crippen molar-refractivity contribution < 1.29 is 26.7 Å². The van der Waals surface area contributed by atoms with E-state index in [2.05, 4.69) is 4.99 Å². The SMILES string of the molecule is CCCN(CCC)C(=O)C1=Cc2ccc(C(F)(F)C(F)(F)F)cc2N=C(N)C1.